The van der Waals surface area contributed by atoms with Crippen LogP contribution in [0.1, 0.15) is 6.42 Å². The van der Waals surface area contributed by atoms with Gasteiger partial charge in [0, 0.05) is 6.42 Å². The van der Waals surface area contributed by atoms with Crippen LogP contribution in [0.25, 0.3) is 0 Å². The number of thioether (sulfide) groups is 1. The molecule has 0 fully saturated rings. The number of rotatable bonds is 0. The normalized spacial score (nSPS) is 17.9. The highest BCUT2D eigenvalue weighted by atomic mass is 32.2. The van der Waals surface area contributed by atoms with Crippen molar-refractivity contribution in [3.05, 3.63) is 11.0 Å². The summed E-state index contributed by atoms with van der Waals surface area (Å²) in [4.78, 5) is 11.2. The molecule has 1 nitrogen and oxygen atoms in total. The van der Waals surface area contributed by atoms with Crippen LogP contribution in [0.3, 0.4) is 0 Å². The quantitative estimate of drug-likeness (QED) is 0.451. The molecule has 0 saturated heterocycles. The zero-order valence-corrected chi connectivity index (χ0v) is 4.99. The monoisotopic (exact) mass is 124 g/mol. The van der Waals surface area contributed by atoms with Crippen LogP contribution >= 0.6 is 11.8 Å². The molecule has 0 saturated carbocycles. The zero-order chi connectivity index (χ0) is 5.98. The SMILES string of the molecule is C#CC1=CCC(=O)S1. The van der Waals surface area contributed by atoms with Gasteiger partial charge in [0.1, 0.15) is 0 Å². The fraction of sp³-hybridized carbons (Fsp3) is 0.167. The predicted molar refractivity (Wildman–Crippen MR) is 34.1 cm³/mol. The number of allylic oxidation sites excluding steroid dienone is 2. The maximum atomic E-state index is 10.4. The third-order valence-electron chi connectivity index (χ3n) is 0.820. The minimum atomic E-state index is 0.151. The van der Waals surface area contributed by atoms with Crippen molar-refractivity contribution in [2.45, 2.75) is 6.42 Å². The molecule has 8 heavy (non-hydrogen) atoms. The molecule has 0 amide bonds. The summed E-state index contributed by atoms with van der Waals surface area (Å²) in [5, 5.41) is 0.151. The first-order valence-electron chi connectivity index (χ1n) is 2.20. The maximum absolute atomic E-state index is 10.4. The van der Waals surface area contributed by atoms with Gasteiger partial charge in [-0.25, -0.2) is 0 Å². The first-order valence-corrected chi connectivity index (χ1v) is 3.02. The van der Waals surface area contributed by atoms with Gasteiger partial charge in [0.25, 0.3) is 0 Å². The molecule has 1 rings (SSSR count). The maximum Gasteiger partial charge on any atom is 0.198 e. The van der Waals surface area contributed by atoms with E-state index in [9.17, 15) is 4.79 Å². The summed E-state index contributed by atoms with van der Waals surface area (Å²) in [7, 11) is 0. The molecule has 0 atom stereocenters. The molecule has 0 bridgehead atoms. The number of hydrogen-bond donors (Lipinski definition) is 0. The molecule has 0 aromatic heterocycles. The third kappa shape index (κ3) is 0.932. The fourth-order valence-electron chi connectivity index (χ4n) is 0.470. The third-order valence-corrected chi connectivity index (χ3v) is 1.72. The van der Waals surface area contributed by atoms with Crippen molar-refractivity contribution in [3.8, 4) is 12.3 Å². The molecule has 0 spiro atoms. The van der Waals surface area contributed by atoms with Crippen LogP contribution in [0.4, 0.5) is 0 Å². The Hall–Kier alpha value is -0.680. The van der Waals surface area contributed by atoms with Crippen LogP contribution < -0.4 is 0 Å². The fourth-order valence-corrected chi connectivity index (χ4v) is 1.11. The summed E-state index contributed by atoms with van der Waals surface area (Å²) in [6, 6.07) is 0. The van der Waals surface area contributed by atoms with E-state index in [2.05, 4.69) is 5.92 Å². The van der Waals surface area contributed by atoms with Crippen molar-refractivity contribution in [2.24, 2.45) is 0 Å². The second-order valence-electron chi connectivity index (χ2n) is 1.39. The number of carbonyl (C=O) groups excluding carboxylic acids is 1. The van der Waals surface area contributed by atoms with E-state index >= 15 is 0 Å². The molecular formula is C6H4OS. The van der Waals surface area contributed by atoms with Crippen LogP contribution in [-0.2, 0) is 4.79 Å². The van der Waals surface area contributed by atoms with E-state index in [0.29, 0.717) is 6.42 Å². The lowest BCUT2D eigenvalue weighted by Gasteiger charge is -1.79. The van der Waals surface area contributed by atoms with Crippen molar-refractivity contribution in [1.29, 1.82) is 0 Å². The van der Waals surface area contributed by atoms with Crippen LogP contribution in [0.15, 0.2) is 11.0 Å². The Labute approximate surface area is 52.2 Å². The molecule has 0 radical (unpaired) electrons. The summed E-state index contributed by atoms with van der Waals surface area (Å²) in [6.45, 7) is 0. The molecule has 2 heteroatoms. The Kier molecular flexibility index (Phi) is 1.40. The van der Waals surface area contributed by atoms with E-state index in [1.165, 1.54) is 0 Å². The molecule has 1 aliphatic heterocycles. The van der Waals surface area contributed by atoms with Gasteiger partial charge in [-0.1, -0.05) is 12.0 Å². The van der Waals surface area contributed by atoms with E-state index in [0.717, 1.165) is 16.7 Å². The van der Waals surface area contributed by atoms with Gasteiger partial charge in [-0.05, 0) is 11.8 Å². The molecule has 0 unspecified atom stereocenters. The van der Waals surface area contributed by atoms with E-state index in [4.69, 9.17) is 6.42 Å². The predicted octanol–water partition coefficient (Wildman–Crippen LogP) is 1.17. The minimum Gasteiger partial charge on any atom is -0.286 e. The van der Waals surface area contributed by atoms with E-state index in [-0.39, 0.29) is 5.12 Å². The number of hydrogen-bond acceptors (Lipinski definition) is 2. The average molecular weight is 124 g/mol. The van der Waals surface area contributed by atoms with Gasteiger partial charge in [-0.15, -0.1) is 6.42 Å². The van der Waals surface area contributed by atoms with Crippen molar-refractivity contribution in [1.82, 2.24) is 0 Å². The van der Waals surface area contributed by atoms with Crippen LogP contribution in [0.5, 0.6) is 0 Å². The first-order chi connectivity index (χ1) is 3.83. The smallest absolute Gasteiger partial charge is 0.198 e. The molecule has 1 aliphatic rings. The Morgan fingerprint density at radius 2 is 2.62 bits per heavy atom. The summed E-state index contributed by atoms with van der Waals surface area (Å²) in [5.41, 5.74) is 0. The molecule has 0 aliphatic carbocycles. The largest absolute Gasteiger partial charge is 0.286 e. The lowest BCUT2D eigenvalue weighted by Crippen LogP contribution is -1.76. The molecular weight excluding hydrogens is 120 g/mol. The van der Waals surface area contributed by atoms with E-state index < -0.39 is 0 Å². The molecule has 0 aromatic rings. The van der Waals surface area contributed by atoms with Crippen molar-refractivity contribution < 1.29 is 4.79 Å². The Balaban J connectivity index is 2.66. The van der Waals surface area contributed by atoms with Crippen LogP contribution in [0.2, 0.25) is 0 Å². The highest BCUT2D eigenvalue weighted by Crippen LogP contribution is 2.24. The highest BCUT2D eigenvalue weighted by Gasteiger charge is 2.10. The van der Waals surface area contributed by atoms with Gasteiger partial charge >= 0.3 is 0 Å². The zero-order valence-electron chi connectivity index (χ0n) is 4.18. The van der Waals surface area contributed by atoms with Crippen molar-refractivity contribution in [3.63, 3.8) is 0 Å². The lowest BCUT2D eigenvalue weighted by molar-refractivity contribution is -0.110. The number of carbonyl (C=O) groups is 1. The Morgan fingerprint density at radius 1 is 1.88 bits per heavy atom. The summed E-state index contributed by atoms with van der Waals surface area (Å²) < 4.78 is 0. The highest BCUT2D eigenvalue weighted by molar-refractivity contribution is 8.17. The number of terminal acetylenes is 1. The van der Waals surface area contributed by atoms with Gasteiger partial charge < -0.3 is 0 Å². The Morgan fingerprint density at radius 3 is 2.88 bits per heavy atom. The summed E-state index contributed by atoms with van der Waals surface area (Å²) in [5.74, 6) is 2.40. The van der Waals surface area contributed by atoms with Gasteiger partial charge in [-0.3, -0.25) is 4.79 Å². The molecule has 1 heterocycles. The van der Waals surface area contributed by atoms with E-state index in [1.807, 2.05) is 0 Å². The standard InChI is InChI=1S/C6H4OS/c1-2-5-3-4-6(7)8-5/h1,3H,4H2. The lowest BCUT2D eigenvalue weighted by atomic mass is 10.4. The van der Waals surface area contributed by atoms with Gasteiger partial charge in [0.2, 0.25) is 0 Å². The van der Waals surface area contributed by atoms with Crippen LogP contribution in [0, 0.1) is 12.3 Å². The second kappa shape index (κ2) is 2.06. The molecule has 40 valence electrons. The van der Waals surface area contributed by atoms with Gasteiger partial charge in [0.05, 0.1) is 4.91 Å². The summed E-state index contributed by atoms with van der Waals surface area (Å²) >= 11 is 1.15. The second-order valence-corrected chi connectivity index (χ2v) is 2.49. The molecule has 0 N–H and O–H groups in total. The van der Waals surface area contributed by atoms with E-state index in [1.54, 1.807) is 6.08 Å². The van der Waals surface area contributed by atoms with Crippen molar-refractivity contribution in [2.75, 3.05) is 0 Å². The van der Waals surface area contributed by atoms with Crippen LogP contribution in [-0.4, -0.2) is 5.12 Å². The first kappa shape index (κ1) is 5.46. The van der Waals surface area contributed by atoms with Gasteiger partial charge in [0.15, 0.2) is 5.12 Å². The molecule has 0 aromatic carbocycles. The topological polar surface area (TPSA) is 17.1 Å². The van der Waals surface area contributed by atoms with Crippen molar-refractivity contribution >= 4 is 16.9 Å². The van der Waals surface area contributed by atoms with Gasteiger partial charge in [-0.2, -0.15) is 0 Å². The average Bonchev–Trinajstić information content (AvgIpc) is 2.14. The summed E-state index contributed by atoms with van der Waals surface area (Å²) in [6.07, 6.45) is 7.28. The minimum absolute atomic E-state index is 0.151. The Bertz CT molecular complexity index is 185.